The summed E-state index contributed by atoms with van der Waals surface area (Å²) in [4.78, 5) is 11.8. The topological polar surface area (TPSA) is 38.4 Å². The quantitative estimate of drug-likeness (QED) is 0.657. The van der Waals surface area contributed by atoms with Crippen molar-refractivity contribution < 1.29 is 13.6 Å². The number of rotatable bonds is 4. The van der Waals surface area contributed by atoms with Gasteiger partial charge >= 0.3 is 8.80 Å². The summed E-state index contributed by atoms with van der Waals surface area (Å²) in [5, 5.41) is 0. The minimum absolute atomic E-state index is 0.554. The van der Waals surface area contributed by atoms with Crippen molar-refractivity contribution in [3.05, 3.63) is 0 Å². The lowest BCUT2D eigenvalue weighted by Crippen LogP contribution is -2.40. The Bertz CT molecular complexity index is 142. The van der Waals surface area contributed by atoms with Crippen LogP contribution in [0, 0.1) is 5.92 Å². The summed E-state index contributed by atoms with van der Waals surface area (Å²) in [6.07, 6.45) is 6.22. The van der Waals surface area contributed by atoms with Crippen molar-refractivity contribution in [2.45, 2.75) is 38.1 Å². The van der Waals surface area contributed by atoms with Crippen LogP contribution in [0.1, 0.15) is 32.1 Å². The zero-order valence-electron chi connectivity index (χ0n) is 8.54. The van der Waals surface area contributed by atoms with E-state index in [1.807, 2.05) is 0 Å². The van der Waals surface area contributed by atoms with Gasteiger partial charge in [0.1, 0.15) is 0 Å². The zero-order valence-corrected chi connectivity index (χ0v) is 9.54. The Balaban J connectivity index is 2.35. The Morgan fingerprint density at radius 3 is 2.15 bits per heavy atom. The van der Waals surface area contributed by atoms with Crippen LogP contribution in [0.15, 0.2) is 0 Å². The van der Waals surface area contributed by atoms with Gasteiger partial charge in [-0.15, -0.1) is 0 Å². The van der Waals surface area contributed by atoms with Crippen LogP contribution in [0.25, 0.3) is 0 Å². The van der Waals surface area contributed by atoms with E-state index in [1.165, 1.54) is 46.3 Å². The summed E-state index contributed by atoms with van der Waals surface area (Å²) >= 11 is 0. The van der Waals surface area contributed by atoms with Gasteiger partial charge in [0.2, 0.25) is 0 Å². The molecule has 77 valence electrons. The minimum Gasteiger partial charge on any atom is -0.376 e. The molecular formula is C9H19O3Si. The van der Waals surface area contributed by atoms with E-state index in [9.17, 15) is 4.80 Å². The maximum atomic E-state index is 11.8. The van der Waals surface area contributed by atoms with Crippen molar-refractivity contribution in [1.82, 2.24) is 0 Å². The predicted molar refractivity (Wildman–Crippen MR) is 51.8 cm³/mol. The Hall–Kier alpha value is 0.0969. The van der Waals surface area contributed by atoms with E-state index in [1.54, 1.807) is 0 Å². The average molecular weight is 203 g/mol. The lowest BCUT2D eigenvalue weighted by Gasteiger charge is -2.26. The summed E-state index contributed by atoms with van der Waals surface area (Å²) in [6.45, 7) is 0. The van der Waals surface area contributed by atoms with Crippen LogP contribution < -0.4 is 0 Å². The van der Waals surface area contributed by atoms with E-state index >= 15 is 0 Å². The Morgan fingerprint density at radius 2 is 1.69 bits per heavy atom. The first-order valence-electron chi connectivity index (χ1n) is 5.01. The standard InChI is InChI=1S/C9H19O3Si/c1-11-13(10,12-2)8-9-6-4-3-5-7-9/h9H,3-8H2,1-2H3. The van der Waals surface area contributed by atoms with Gasteiger partial charge in [-0.05, 0) is 5.92 Å². The van der Waals surface area contributed by atoms with Crippen molar-refractivity contribution in [3.63, 3.8) is 0 Å². The number of hydrogen-bond acceptors (Lipinski definition) is 2. The molecule has 0 aromatic carbocycles. The van der Waals surface area contributed by atoms with E-state index in [-0.39, 0.29) is 0 Å². The molecule has 0 bridgehead atoms. The van der Waals surface area contributed by atoms with Crippen LogP contribution in [0.5, 0.6) is 0 Å². The monoisotopic (exact) mass is 203 g/mol. The van der Waals surface area contributed by atoms with Crippen LogP contribution in [0.2, 0.25) is 6.04 Å². The van der Waals surface area contributed by atoms with Crippen molar-refractivity contribution >= 4 is 8.80 Å². The minimum atomic E-state index is -3.03. The fourth-order valence-corrected chi connectivity index (χ4v) is 3.61. The second-order valence-electron chi connectivity index (χ2n) is 3.80. The third-order valence-corrected chi connectivity index (χ3v) is 5.21. The normalized spacial score (nSPS) is 20.5. The highest BCUT2D eigenvalue weighted by molar-refractivity contribution is 6.58. The average Bonchev–Trinajstić information content (AvgIpc) is 2.19. The van der Waals surface area contributed by atoms with Crippen LogP contribution >= 0.6 is 0 Å². The largest absolute Gasteiger partial charge is 0.528 e. The molecule has 0 spiro atoms. The van der Waals surface area contributed by atoms with Gasteiger partial charge < -0.3 is 8.85 Å². The van der Waals surface area contributed by atoms with Crippen LogP contribution in [0.3, 0.4) is 0 Å². The van der Waals surface area contributed by atoms with Crippen molar-refractivity contribution in [1.29, 1.82) is 0 Å². The second-order valence-corrected chi connectivity index (χ2v) is 6.39. The molecule has 1 aliphatic carbocycles. The fourth-order valence-electron chi connectivity index (χ4n) is 1.99. The lowest BCUT2D eigenvalue weighted by atomic mass is 9.91. The Kier molecular flexibility index (Phi) is 4.38. The Morgan fingerprint density at radius 1 is 1.15 bits per heavy atom. The van der Waals surface area contributed by atoms with Gasteiger partial charge in [-0.3, -0.25) is 0 Å². The van der Waals surface area contributed by atoms with Gasteiger partial charge in [0, 0.05) is 20.3 Å². The molecule has 0 aromatic heterocycles. The van der Waals surface area contributed by atoms with Gasteiger partial charge in [0.15, 0.2) is 0 Å². The molecule has 3 nitrogen and oxygen atoms in total. The SMILES string of the molecule is CO[Si]([O])(CC1CCCCC1)OC. The molecular weight excluding hydrogens is 184 g/mol. The number of hydrogen-bond donors (Lipinski definition) is 0. The summed E-state index contributed by atoms with van der Waals surface area (Å²) in [5.74, 6) is 0.554. The molecule has 0 heterocycles. The van der Waals surface area contributed by atoms with E-state index in [2.05, 4.69) is 0 Å². The molecule has 0 atom stereocenters. The summed E-state index contributed by atoms with van der Waals surface area (Å²) < 4.78 is 9.90. The van der Waals surface area contributed by atoms with Crippen LogP contribution in [-0.2, 0) is 13.6 Å². The van der Waals surface area contributed by atoms with E-state index < -0.39 is 8.80 Å². The third-order valence-electron chi connectivity index (χ3n) is 2.89. The Labute approximate surface area is 81.4 Å². The first kappa shape index (κ1) is 11.2. The smallest absolute Gasteiger partial charge is 0.376 e. The third kappa shape index (κ3) is 3.38. The lowest BCUT2D eigenvalue weighted by molar-refractivity contribution is 0.110. The van der Waals surface area contributed by atoms with E-state index in [0.717, 1.165) is 0 Å². The highest BCUT2D eigenvalue weighted by Gasteiger charge is 2.39. The van der Waals surface area contributed by atoms with Gasteiger partial charge in [0.25, 0.3) is 0 Å². The van der Waals surface area contributed by atoms with Crippen LogP contribution in [-0.4, -0.2) is 23.0 Å². The van der Waals surface area contributed by atoms with Crippen molar-refractivity contribution in [2.24, 2.45) is 5.92 Å². The molecule has 1 rings (SSSR count). The maximum absolute atomic E-state index is 11.8. The molecule has 1 radical (unpaired) electrons. The van der Waals surface area contributed by atoms with Crippen LogP contribution in [0.4, 0.5) is 0 Å². The summed E-state index contributed by atoms with van der Waals surface area (Å²) in [7, 11) is -0.0793. The van der Waals surface area contributed by atoms with Gasteiger partial charge in [-0.25, -0.2) is 4.80 Å². The summed E-state index contributed by atoms with van der Waals surface area (Å²) in [6, 6.07) is 0.625. The second kappa shape index (κ2) is 5.10. The molecule has 0 amide bonds. The molecule has 1 fully saturated rings. The molecule has 4 heteroatoms. The molecule has 0 aromatic rings. The fraction of sp³-hybridized carbons (Fsp3) is 1.00. The zero-order chi connectivity index (χ0) is 9.73. The molecule has 1 aliphatic rings. The summed E-state index contributed by atoms with van der Waals surface area (Å²) in [5.41, 5.74) is 0. The van der Waals surface area contributed by atoms with E-state index in [4.69, 9.17) is 8.85 Å². The van der Waals surface area contributed by atoms with Crippen molar-refractivity contribution in [3.8, 4) is 0 Å². The molecule has 13 heavy (non-hydrogen) atoms. The highest BCUT2D eigenvalue weighted by Crippen LogP contribution is 2.30. The molecule has 0 N–H and O–H groups in total. The van der Waals surface area contributed by atoms with E-state index in [0.29, 0.717) is 12.0 Å². The maximum Gasteiger partial charge on any atom is 0.528 e. The van der Waals surface area contributed by atoms with Gasteiger partial charge in [0.05, 0.1) is 0 Å². The molecule has 1 saturated carbocycles. The van der Waals surface area contributed by atoms with Gasteiger partial charge in [-0.2, -0.15) is 0 Å². The molecule has 0 unspecified atom stereocenters. The predicted octanol–water partition coefficient (Wildman–Crippen LogP) is 2.23. The van der Waals surface area contributed by atoms with Crippen molar-refractivity contribution in [2.75, 3.05) is 14.2 Å². The highest BCUT2D eigenvalue weighted by atomic mass is 28.4. The molecule has 0 saturated heterocycles. The van der Waals surface area contributed by atoms with Gasteiger partial charge in [-0.1, -0.05) is 32.1 Å². The first-order chi connectivity index (χ1) is 6.20. The first-order valence-corrected chi connectivity index (χ1v) is 6.94. The molecule has 0 aliphatic heterocycles.